The molecule has 26 heavy (non-hydrogen) atoms. The van der Waals surface area contributed by atoms with Gasteiger partial charge in [-0.25, -0.2) is 0 Å². The van der Waals surface area contributed by atoms with E-state index in [0.29, 0.717) is 19.3 Å². The number of rotatable bonds is 8. The Morgan fingerprint density at radius 1 is 1.04 bits per heavy atom. The largest absolute Gasteiger partial charge is 0.492 e. The third-order valence-corrected chi connectivity index (χ3v) is 4.37. The zero-order valence-corrected chi connectivity index (χ0v) is 14.8. The summed E-state index contributed by atoms with van der Waals surface area (Å²) >= 11 is 0. The molecule has 6 nitrogen and oxygen atoms in total. The van der Waals surface area contributed by atoms with E-state index in [0.717, 1.165) is 30.2 Å². The second kappa shape index (κ2) is 7.58. The van der Waals surface area contributed by atoms with Crippen LogP contribution in [0.5, 0.6) is 11.5 Å². The first-order valence-electron chi connectivity index (χ1n) is 8.72. The van der Waals surface area contributed by atoms with E-state index < -0.39 is 0 Å². The Hall–Kier alpha value is -2.86. The number of nitrogens with zero attached hydrogens (tertiary/aromatic N) is 4. The standard InChI is InChI=1S/C20H22N4O2/c1-23-11-17(10-22-23)12-24-13-18(24)15-26-20-6-4-19(5-7-20)25-14-16-3-2-8-21-9-16/h2-11,18H,12-15H2,1H3. The Morgan fingerprint density at radius 3 is 2.54 bits per heavy atom. The van der Waals surface area contributed by atoms with Gasteiger partial charge in [0.2, 0.25) is 0 Å². The summed E-state index contributed by atoms with van der Waals surface area (Å²) in [5, 5.41) is 4.20. The van der Waals surface area contributed by atoms with E-state index in [-0.39, 0.29) is 0 Å². The Kier molecular flexibility index (Phi) is 4.84. The summed E-state index contributed by atoms with van der Waals surface area (Å²) in [7, 11) is 1.94. The summed E-state index contributed by atoms with van der Waals surface area (Å²) in [6, 6.07) is 12.2. The summed E-state index contributed by atoms with van der Waals surface area (Å²) in [6.45, 7) is 3.22. The van der Waals surface area contributed by atoms with Crippen LogP contribution in [0.1, 0.15) is 11.1 Å². The average molecular weight is 350 g/mol. The van der Waals surface area contributed by atoms with Crippen molar-refractivity contribution in [3.05, 3.63) is 72.3 Å². The van der Waals surface area contributed by atoms with Crippen molar-refractivity contribution in [2.45, 2.75) is 19.2 Å². The highest BCUT2D eigenvalue weighted by Crippen LogP contribution is 2.23. The predicted octanol–water partition coefficient (Wildman–Crippen LogP) is 2.66. The third-order valence-electron chi connectivity index (χ3n) is 4.37. The van der Waals surface area contributed by atoms with Crippen molar-refractivity contribution in [2.75, 3.05) is 13.2 Å². The molecule has 0 amide bonds. The van der Waals surface area contributed by atoms with E-state index in [1.54, 1.807) is 6.20 Å². The lowest BCUT2D eigenvalue weighted by Gasteiger charge is -2.09. The Balaban J connectivity index is 1.20. The van der Waals surface area contributed by atoms with Gasteiger partial charge < -0.3 is 9.47 Å². The monoisotopic (exact) mass is 350 g/mol. The molecule has 1 aromatic carbocycles. The number of benzene rings is 1. The van der Waals surface area contributed by atoms with Gasteiger partial charge in [0.25, 0.3) is 0 Å². The number of pyridine rings is 1. The summed E-state index contributed by atoms with van der Waals surface area (Å²) in [6.07, 6.45) is 7.54. The van der Waals surface area contributed by atoms with E-state index in [4.69, 9.17) is 9.47 Å². The van der Waals surface area contributed by atoms with Gasteiger partial charge in [0.1, 0.15) is 24.7 Å². The first-order chi connectivity index (χ1) is 12.8. The molecular weight excluding hydrogens is 328 g/mol. The van der Waals surface area contributed by atoms with Crippen LogP contribution in [0.2, 0.25) is 0 Å². The third kappa shape index (κ3) is 4.40. The maximum Gasteiger partial charge on any atom is 0.120 e. The molecule has 3 heterocycles. The minimum absolute atomic E-state index is 0.483. The topological polar surface area (TPSA) is 52.2 Å². The lowest BCUT2D eigenvalue weighted by Crippen LogP contribution is -2.10. The molecule has 0 radical (unpaired) electrons. The quantitative estimate of drug-likeness (QED) is 0.585. The fourth-order valence-electron chi connectivity index (χ4n) is 2.84. The Labute approximate surface area is 153 Å². The second-order valence-electron chi connectivity index (χ2n) is 6.54. The van der Waals surface area contributed by atoms with Crippen LogP contribution in [0.4, 0.5) is 0 Å². The van der Waals surface area contributed by atoms with Gasteiger partial charge in [0.05, 0.1) is 12.2 Å². The van der Waals surface area contributed by atoms with E-state index in [1.807, 2.05) is 60.5 Å². The highest BCUT2D eigenvalue weighted by Gasteiger charge is 2.34. The van der Waals surface area contributed by atoms with Gasteiger partial charge in [-0.2, -0.15) is 5.10 Å². The lowest BCUT2D eigenvalue weighted by molar-refractivity contribution is 0.289. The van der Waals surface area contributed by atoms with Crippen molar-refractivity contribution in [2.24, 2.45) is 7.05 Å². The second-order valence-corrected chi connectivity index (χ2v) is 6.54. The van der Waals surface area contributed by atoms with Gasteiger partial charge in [-0.15, -0.1) is 0 Å². The summed E-state index contributed by atoms with van der Waals surface area (Å²) < 4.78 is 13.5. The van der Waals surface area contributed by atoms with Crippen LogP contribution in [0.3, 0.4) is 0 Å². The number of ether oxygens (including phenoxy) is 2. The van der Waals surface area contributed by atoms with E-state index in [2.05, 4.69) is 21.2 Å². The van der Waals surface area contributed by atoms with Crippen LogP contribution in [0.15, 0.2) is 61.2 Å². The van der Waals surface area contributed by atoms with Gasteiger partial charge in [-0.3, -0.25) is 14.6 Å². The normalized spacial score (nSPS) is 18.5. The molecule has 134 valence electrons. The van der Waals surface area contributed by atoms with E-state index in [1.165, 1.54) is 5.56 Å². The van der Waals surface area contributed by atoms with Crippen LogP contribution in [-0.4, -0.2) is 38.9 Å². The molecule has 0 spiro atoms. The molecule has 2 aromatic heterocycles. The molecule has 1 fully saturated rings. The molecule has 3 aromatic rings. The van der Waals surface area contributed by atoms with Crippen molar-refractivity contribution in [1.82, 2.24) is 19.7 Å². The van der Waals surface area contributed by atoms with E-state index in [9.17, 15) is 0 Å². The molecule has 1 aliphatic heterocycles. The zero-order chi connectivity index (χ0) is 17.8. The highest BCUT2D eigenvalue weighted by molar-refractivity contribution is 5.31. The van der Waals surface area contributed by atoms with Gasteiger partial charge in [0.15, 0.2) is 0 Å². The molecule has 2 unspecified atom stereocenters. The molecular formula is C20H22N4O2. The van der Waals surface area contributed by atoms with Crippen LogP contribution >= 0.6 is 0 Å². The lowest BCUT2D eigenvalue weighted by atomic mass is 10.3. The van der Waals surface area contributed by atoms with Crippen LogP contribution < -0.4 is 9.47 Å². The van der Waals surface area contributed by atoms with Crippen molar-refractivity contribution in [3.8, 4) is 11.5 Å². The number of hydrogen-bond donors (Lipinski definition) is 0. The first kappa shape index (κ1) is 16.6. The minimum Gasteiger partial charge on any atom is -0.492 e. The van der Waals surface area contributed by atoms with Crippen molar-refractivity contribution in [1.29, 1.82) is 0 Å². The molecule has 6 heteroatoms. The molecule has 0 bridgehead atoms. The highest BCUT2D eigenvalue weighted by atomic mass is 16.5. The molecule has 0 saturated carbocycles. The van der Waals surface area contributed by atoms with Gasteiger partial charge in [-0.05, 0) is 30.3 Å². The fourth-order valence-corrected chi connectivity index (χ4v) is 2.84. The summed E-state index contributed by atoms with van der Waals surface area (Å²) in [5.74, 6) is 1.69. The smallest absolute Gasteiger partial charge is 0.120 e. The Morgan fingerprint density at radius 2 is 1.85 bits per heavy atom. The minimum atomic E-state index is 0.483. The number of aromatic nitrogens is 3. The molecule has 1 saturated heterocycles. The van der Waals surface area contributed by atoms with Crippen LogP contribution in [0.25, 0.3) is 0 Å². The zero-order valence-electron chi connectivity index (χ0n) is 14.8. The predicted molar refractivity (Wildman–Crippen MR) is 97.9 cm³/mol. The summed E-state index contributed by atoms with van der Waals surface area (Å²) in [5.41, 5.74) is 2.29. The fraction of sp³-hybridized carbons (Fsp3) is 0.300. The van der Waals surface area contributed by atoms with Gasteiger partial charge in [0, 0.05) is 49.9 Å². The molecule has 0 aliphatic carbocycles. The van der Waals surface area contributed by atoms with Crippen LogP contribution in [0, 0.1) is 0 Å². The Bertz CT molecular complexity index is 833. The maximum absolute atomic E-state index is 5.89. The van der Waals surface area contributed by atoms with Crippen molar-refractivity contribution in [3.63, 3.8) is 0 Å². The van der Waals surface area contributed by atoms with Gasteiger partial charge >= 0.3 is 0 Å². The van der Waals surface area contributed by atoms with Crippen molar-refractivity contribution >= 4 is 0 Å². The number of hydrogen-bond acceptors (Lipinski definition) is 5. The first-order valence-corrected chi connectivity index (χ1v) is 8.72. The van der Waals surface area contributed by atoms with Crippen LogP contribution in [-0.2, 0) is 20.2 Å². The molecule has 4 rings (SSSR count). The SMILES string of the molecule is Cn1cc(CN2CC2COc2ccc(OCc3cccnc3)cc2)cn1. The summed E-state index contributed by atoms with van der Waals surface area (Å²) in [4.78, 5) is 6.46. The number of aryl methyl sites for hydroxylation is 1. The van der Waals surface area contributed by atoms with E-state index >= 15 is 0 Å². The molecule has 2 atom stereocenters. The maximum atomic E-state index is 5.89. The molecule has 1 aliphatic rings. The molecule has 0 N–H and O–H groups in total. The van der Waals surface area contributed by atoms with Crippen molar-refractivity contribution < 1.29 is 9.47 Å². The average Bonchev–Trinajstić information content (AvgIpc) is 3.29. The van der Waals surface area contributed by atoms with Gasteiger partial charge in [-0.1, -0.05) is 6.07 Å².